The van der Waals surface area contributed by atoms with E-state index in [1.807, 2.05) is 0 Å². The number of hydrogen-bond donors (Lipinski definition) is 2. The van der Waals surface area contributed by atoms with Gasteiger partial charge in [-0.15, -0.1) is 0 Å². The summed E-state index contributed by atoms with van der Waals surface area (Å²) in [5.41, 5.74) is 0. The van der Waals surface area contributed by atoms with Crippen molar-refractivity contribution in [3.8, 4) is 0 Å². The van der Waals surface area contributed by atoms with Gasteiger partial charge in [-0.25, -0.2) is 4.72 Å². The molecule has 90 valence electrons. The number of nitrogens with one attached hydrogen (secondary N) is 2. The molecule has 6 heteroatoms. The van der Waals surface area contributed by atoms with Gasteiger partial charge < -0.3 is 5.32 Å². The summed E-state index contributed by atoms with van der Waals surface area (Å²) in [6.45, 7) is 4.50. The summed E-state index contributed by atoms with van der Waals surface area (Å²) in [7, 11) is -1.44. The van der Waals surface area contributed by atoms with Crippen molar-refractivity contribution in [3.63, 3.8) is 0 Å². The second-order valence-electron chi connectivity index (χ2n) is 4.11. The van der Waals surface area contributed by atoms with Gasteiger partial charge in [-0.1, -0.05) is 6.92 Å². The highest BCUT2D eigenvalue weighted by molar-refractivity contribution is 7.87. The van der Waals surface area contributed by atoms with E-state index in [0.717, 1.165) is 12.8 Å². The average molecular weight is 235 g/mol. The van der Waals surface area contributed by atoms with Crippen LogP contribution in [0, 0.1) is 5.92 Å². The molecule has 0 radical (unpaired) electrons. The molecule has 0 amide bonds. The molecule has 0 aromatic heterocycles. The molecule has 1 saturated heterocycles. The van der Waals surface area contributed by atoms with Gasteiger partial charge >= 0.3 is 0 Å². The standard InChI is InChI=1S/C9H21N3O2S/c1-9-4-3-7-12(8-9)15(13,14)11-6-5-10-2/h9-11H,3-8H2,1-2H3. The zero-order valence-electron chi connectivity index (χ0n) is 9.49. The molecular weight excluding hydrogens is 214 g/mol. The minimum atomic E-state index is -3.25. The lowest BCUT2D eigenvalue weighted by Crippen LogP contribution is -2.46. The maximum atomic E-state index is 11.8. The number of hydrogen-bond acceptors (Lipinski definition) is 3. The molecule has 0 aliphatic carbocycles. The summed E-state index contributed by atoms with van der Waals surface area (Å²) in [6.07, 6.45) is 2.09. The lowest BCUT2D eigenvalue weighted by molar-refractivity contribution is 0.278. The second kappa shape index (κ2) is 5.79. The Bertz CT molecular complexity index is 279. The third-order valence-electron chi connectivity index (χ3n) is 2.62. The highest BCUT2D eigenvalue weighted by Crippen LogP contribution is 2.17. The Kier molecular flexibility index (Phi) is 4.98. The summed E-state index contributed by atoms with van der Waals surface area (Å²) in [4.78, 5) is 0. The van der Waals surface area contributed by atoms with Crippen molar-refractivity contribution >= 4 is 10.2 Å². The van der Waals surface area contributed by atoms with E-state index >= 15 is 0 Å². The summed E-state index contributed by atoms with van der Waals surface area (Å²) in [6, 6.07) is 0. The van der Waals surface area contributed by atoms with Gasteiger partial charge in [0.2, 0.25) is 0 Å². The van der Waals surface area contributed by atoms with Crippen molar-refractivity contribution < 1.29 is 8.42 Å². The van der Waals surface area contributed by atoms with Crippen LogP contribution in [0.5, 0.6) is 0 Å². The van der Waals surface area contributed by atoms with Crippen molar-refractivity contribution in [2.75, 3.05) is 33.2 Å². The molecular formula is C9H21N3O2S. The largest absolute Gasteiger partial charge is 0.318 e. The highest BCUT2D eigenvalue weighted by atomic mass is 32.2. The van der Waals surface area contributed by atoms with Crippen LogP contribution in [0.15, 0.2) is 0 Å². The van der Waals surface area contributed by atoms with Crippen LogP contribution in [0.2, 0.25) is 0 Å². The van der Waals surface area contributed by atoms with Gasteiger partial charge in [0.25, 0.3) is 10.2 Å². The Balaban J connectivity index is 2.45. The van der Waals surface area contributed by atoms with Gasteiger partial charge in [-0.3, -0.25) is 0 Å². The zero-order chi connectivity index (χ0) is 11.3. The van der Waals surface area contributed by atoms with Crippen LogP contribution >= 0.6 is 0 Å². The van der Waals surface area contributed by atoms with Gasteiger partial charge in [0.15, 0.2) is 0 Å². The van der Waals surface area contributed by atoms with E-state index in [1.165, 1.54) is 0 Å². The molecule has 2 N–H and O–H groups in total. The van der Waals surface area contributed by atoms with Crippen molar-refractivity contribution in [1.82, 2.24) is 14.3 Å². The van der Waals surface area contributed by atoms with E-state index in [9.17, 15) is 8.42 Å². The third kappa shape index (κ3) is 4.06. The van der Waals surface area contributed by atoms with E-state index in [1.54, 1.807) is 11.4 Å². The number of piperidine rings is 1. The van der Waals surface area contributed by atoms with Crippen molar-refractivity contribution in [2.45, 2.75) is 19.8 Å². The van der Waals surface area contributed by atoms with Gasteiger partial charge in [0.1, 0.15) is 0 Å². The van der Waals surface area contributed by atoms with Crippen LogP contribution in [0.1, 0.15) is 19.8 Å². The lowest BCUT2D eigenvalue weighted by atomic mass is 10.0. The van der Waals surface area contributed by atoms with Crippen molar-refractivity contribution in [3.05, 3.63) is 0 Å². The topological polar surface area (TPSA) is 61.4 Å². The Morgan fingerprint density at radius 3 is 2.73 bits per heavy atom. The highest BCUT2D eigenvalue weighted by Gasteiger charge is 2.26. The fourth-order valence-electron chi connectivity index (χ4n) is 1.76. The van der Waals surface area contributed by atoms with E-state index in [-0.39, 0.29) is 0 Å². The minimum absolute atomic E-state index is 0.448. The second-order valence-corrected chi connectivity index (χ2v) is 5.86. The van der Waals surface area contributed by atoms with Crippen LogP contribution in [-0.4, -0.2) is 45.9 Å². The van der Waals surface area contributed by atoms with Gasteiger partial charge in [0, 0.05) is 26.2 Å². The number of nitrogens with zero attached hydrogens (tertiary/aromatic N) is 1. The van der Waals surface area contributed by atoms with E-state index in [4.69, 9.17) is 0 Å². The monoisotopic (exact) mass is 235 g/mol. The quantitative estimate of drug-likeness (QED) is 0.647. The average Bonchev–Trinajstić information content (AvgIpc) is 2.18. The Hall–Kier alpha value is -0.170. The molecule has 0 bridgehead atoms. The fourth-order valence-corrected chi connectivity index (χ4v) is 3.12. The molecule has 1 unspecified atom stereocenters. The summed E-state index contributed by atoms with van der Waals surface area (Å²) >= 11 is 0. The molecule has 1 rings (SSSR count). The first-order valence-corrected chi connectivity index (χ1v) is 6.89. The van der Waals surface area contributed by atoms with E-state index < -0.39 is 10.2 Å². The number of rotatable bonds is 5. The molecule has 1 fully saturated rings. The van der Waals surface area contributed by atoms with E-state index in [0.29, 0.717) is 32.1 Å². The lowest BCUT2D eigenvalue weighted by Gasteiger charge is -2.29. The molecule has 1 aliphatic heterocycles. The molecule has 15 heavy (non-hydrogen) atoms. The first-order valence-electron chi connectivity index (χ1n) is 5.45. The minimum Gasteiger partial charge on any atom is -0.318 e. The summed E-state index contributed by atoms with van der Waals surface area (Å²) in [5, 5.41) is 2.91. The molecule has 0 aromatic rings. The smallest absolute Gasteiger partial charge is 0.279 e. The summed E-state index contributed by atoms with van der Waals surface area (Å²) in [5.74, 6) is 0.472. The van der Waals surface area contributed by atoms with Gasteiger partial charge in [-0.05, 0) is 25.8 Å². The van der Waals surface area contributed by atoms with Crippen LogP contribution in [-0.2, 0) is 10.2 Å². The number of likely N-dealkylation sites (N-methyl/N-ethyl adjacent to an activating group) is 1. The predicted molar refractivity (Wildman–Crippen MR) is 60.8 cm³/mol. The molecule has 1 heterocycles. The molecule has 1 atom stereocenters. The van der Waals surface area contributed by atoms with Crippen LogP contribution in [0.25, 0.3) is 0 Å². The molecule has 1 aliphatic rings. The molecule has 5 nitrogen and oxygen atoms in total. The SMILES string of the molecule is CNCCNS(=O)(=O)N1CCCC(C)C1. The van der Waals surface area contributed by atoms with E-state index in [2.05, 4.69) is 17.0 Å². The Morgan fingerprint density at radius 2 is 2.13 bits per heavy atom. The Labute approximate surface area is 92.4 Å². The molecule has 0 saturated carbocycles. The van der Waals surface area contributed by atoms with Crippen LogP contribution in [0.3, 0.4) is 0 Å². The first kappa shape index (κ1) is 12.9. The third-order valence-corrected chi connectivity index (χ3v) is 4.20. The fraction of sp³-hybridized carbons (Fsp3) is 1.00. The Morgan fingerprint density at radius 1 is 1.40 bits per heavy atom. The van der Waals surface area contributed by atoms with Gasteiger partial charge in [0.05, 0.1) is 0 Å². The first-order chi connectivity index (χ1) is 7.06. The van der Waals surface area contributed by atoms with Gasteiger partial charge in [-0.2, -0.15) is 12.7 Å². The molecule has 0 aromatic carbocycles. The van der Waals surface area contributed by atoms with Crippen LogP contribution in [0.4, 0.5) is 0 Å². The molecule has 0 spiro atoms. The maximum absolute atomic E-state index is 11.8. The normalized spacial score (nSPS) is 24.3. The summed E-state index contributed by atoms with van der Waals surface area (Å²) < 4.78 is 27.7. The zero-order valence-corrected chi connectivity index (χ0v) is 10.3. The van der Waals surface area contributed by atoms with Crippen molar-refractivity contribution in [1.29, 1.82) is 0 Å². The van der Waals surface area contributed by atoms with Crippen LogP contribution < -0.4 is 10.0 Å². The maximum Gasteiger partial charge on any atom is 0.279 e. The predicted octanol–water partition coefficient (Wildman–Crippen LogP) is -0.228. The van der Waals surface area contributed by atoms with Crippen molar-refractivity contribution in [2.24, 2.45) is 5.92 Å².